The molecular formula is C21H24ClN3O2. The molecule has 1 aliphatic rings. The van der Waals surface area contributed by atoms with Crippen molar-refractivity contribution in [2.45, 2.75) is 38.8 Å². The Morgan fingerprint density at radius 1 is 1.07 bits per heavy atom. The molecule has 0 spiro atoms. The van der Waals surface area contributed by atoms with Crippen molar-refractivity contribution in [2.75, 3.05) is 13.1 Å². The molecule has 0 bridgehead atoms. The first-order valence-electron chi connectivity index (χ1n) is 9.31. The monoisotopic (exact) mass is 385 g/mol. The fourth-order valence-corrected chi connectivity index (χ4v) is 3.35. The molecule has 0 aliphatic carbocycles. The molecule has 0 N–H and O–H groups in total. The Labute approximate surface area is 164 Å². The van der Waals surface area contributed by atoms with Crippen LogP contribution in [0.2, 0.25) is 5.02 Å². The van der Waals surface area contributed by atoms with Gasteiger partial charge in [0.05, 0.1) is 6.54 Å². The van der Waals surface area contributed by atoms with Crippen LogP contribution < -0.4 is 0 Å². The van der Waals surface area contributed by atoms with Crippen LogP contribution in [-0.2, 0) is 22.7 Å². The van der Waals surface area contributed by atoms with Gasteiger partial charge in [0.2, 0.25) is 11.8 Å². The second-order valence-electron chi connectivity index (χ2n) is 6.86. The molecule has 5 nitrogen and oxygen atoms in total. The third-order valence-corrected chi connectivity index (χ3v) is 4.99. The first-order valence-corrected chi connectivity index (χ1v) is 9.68. The largest absolute Gasteiger partial charge is 0.333 e. The van der Waals surface area contributed by atoms with Crippen LogP contribution in [0.3, 0.4) is 0 Å². The van der Waals surface area contributed by atoms with E-state index in [4.69, 9.17) is 11.6 Å². The lowest BCUT2D eigenvalue weighted by Gasteiger charge is -2.27. The summed E-state index contributed by atoms with van der Waals surface area (Å²) in [6, 6.07) is 11.3. The van der Waals surface area contributed by atoms with Crippen molar-refractivity contribution in [3.05, 3.63) is 64.9 Å². The molecule has 1 aliphatic heterocycles. The van der Waals surface area contributed by atoms with E-state index in [1.807, 2.05) is 36.4 Å². The highest BCUT2D eigenvalue weighted by atomic mass is 35.5. The fourth-order valence-electron chi connectivity index (χ4n) is 3.22. The lowest BCUT2D eigenvalue weighted by Crippen LogP contribution is -2.42. The van der Waals surface area contributed by atoms with Gasteiger partial charge in [0.15, 0.2) is 0 Å². The third-order valence-electron chi connectivity index (χ3n) is 4.73. The number of benzene rings is 1. The van der Waals surface area contributed by atoms with E-state index in [0.29, 0.717) is 31.1 Å². The van der Waals surface area contributed by atoms with Gasteiger partial charge in [-0.15, -0.1) is 0 Å². The van der Waals surface area contributed by atoms with Crippen molar-refractivity contribution in [2.24, 2.45) is 0 Å². The Bertz CT molecular complexity index is 765. The molecule has 0 saturated carbocycles. The SMILES string of the molecule is O=C1CCCCCN1CC(=O)N(Cc1ccc(Cl)cc1)Cc1cccnc1. The quantitative estimate of drug-likeness (QED) is 0.762. The highest BCUT2D eigenvalue weighted by Crippen LogP contribution is 2.16. The summed E-state index contributed by atoms with van der Waals surface area (Å²) in [4.78, 5) is 32.9. The summed E-state index contributed by atoms with van der Waals surface area (Å²) < 4.78 is 0. The lowest BCUT2D eigenvalue weighted by atomic mass is 10.2. The van der Waals surface area contributed by atoms with Crippen molar-refractivity contribution in [3.8, 4) is 0 Å². The molecule has 0 unspecified atom stereocenters. The summed E-state index contributed by atoms with van der Waals surface area (Å²) >= 11 is 5.97. The van der Waals surface area contributed by atoms with Gasteiger partial charge in [-0.05, 0) is 42.2 Å². The second kappa shape index (κ2) is 9.51. The van der Waals surface area contributed by atoms with Crippen LogP contribution in [0, 0.1) is 0 Å². The predicted molar refractivity (Wildman–Crippen MR) is 105 cm³/mol. The number of nitrogens with zero attached hydrogens (tertiary/aromatic N) is 3. The van der Waals surface area contributed by atoms with Crippen LogP contribution in [0.5, 0.6) is 0 Å². The van der Waals surface area contributed by atoms with Crippen LogP contribution in [-0.4, -0.2) is 39.7 Å². The molecule has 6 heteroatoms. The van der Waals surface area contributed by atoms with Crippen molar-refractivity contribution in [3.63, 3.8) is 0 Å². The molecule has 1 aromatic carbocycles. The number of likely N-dealkylation sites (tertiary alicyclic amines) is 1. The fraction of sp³-hybridized carbons (Fsp3) is 0.381. The summed E-state index contributed by atoms with van der Waals surface area (Å²) in [5.41, 5.74) is 1.96. The minimum absolute atomic E-state index is 0.0518. The number of halogens is 1. The zero-order valence-corrected chi connectivity index (χ0v) is 16.1. The third kappa shape index (κ3) is 5.79. The molecule has 3 rings (SSSR count). The molecule has 0 atom stereocenters. The number of amides is 2. The maximum atomic E-state index is 13.0. The maximum absolute atomic E-state index is 13.0. The van der Waals surface area contributed by atoms with Gasteiger partial charge in [0.1, 0.15) is 0 Å². The first-order chi connectivity index (χ1) is 13.1. The van der Waals surface area contributed by atoms with E-state index in [9.17, 15) is 9.59 Å². The van der Waals surface area contributed by atoms with E-state index in [2.05, 4.69) is 4.98 Å². The normalized spacial score (nSPS) is 14.7. The number of hydrogen-bond acceptors (Lipinski definition) is 3. The van der Waals surface area contributed by atoms with Crippen LogP contribution in [0.15, 0.2) is 48.8 Å². The summed E-state index contributed by atoms with van der Waals surface area (Å²) in [5, 5.41) is 0.666. The van der Waals surface area contributed by atoms with Crippen molar-refractivity contribution in [1.29, 1.82) is 0 Å². The average molecular weight is 386 g/mol. The summed E-state index contributed by atoms with van der Waals surface area (Å²) in [6.07, 6.45) is 6.92. The van der Waals surface area contributed by atoms with E-state index in [1.165, 1.54) is 0 Å². The number of hydrogen-bond donors (Lipinski definition) is 0. The van der Waals surface area contributed by atoms with Gasteiger partial charge in [-0.3, -0.25) is 14.6 Å². The Balaban J connectivity index is 1.73. The molecule has 2 aromatic rings. The van der Waals surface area contributed by atoms with Gasteiger partial charge >= 0.3 is 0 Å². The molecule has 1 fully saturated rings. The van der Waals surface area contributed by atoms with E-state index in [-0.39, 0.29) is 18.4 Å². The number of carbonyl (C=O) groups is 2. The Kier molecular flexibility index (Phi) is 6.82. The Hall–Kier alpha value is -2.40. The molecule has 142 valence electrons. The van der Waals surface area contributed by atoms with Crippen LogP contribution in [0.25, 0.3) is 0 Å². The minimum atomic E-state index is -0.0518. The van der Waals surface area contributed by atoms with Gasteiger partial charge in [0.25, 0.3) is 0 Å². The van der Waals surface area contributed by atoms with Crippen LogP contribution in [0.4, 0.5) is 0 Å². The number of carbonyl (C=O) groups excluding carboxylic acids is 2. The first kappa shape index (κ1) is 19.4. The standard InChI is InChI=1S/C21H24ClN3O2/c22-19-9-7-17(8-10-19)14-25(15-18-5-4-11-23-13-18)21(27)16-24-12-3-1-2-6-20(24)26/h4-5,7-11,13H,1-3,6,12,14-16H2. The maximum Gasteiger partial charge on any atom is 0.242 e. The van der Waals surface area contributed by atoms with E-state index < -0.39 is 0 Å². The van der Waals surface area contributed by atoms with Gasteiger partial charge < -0.3 is 9.80 Å². The number of pyridine rings is 1. The molecule has 27 heavy (non-hydrogen) atoms. The summed E-state index contributed by atoms with van der Waals surface area (Å²) in [5.74, 6) is 0.0257. The lowest BCUT2D eigenvalue weighted by molar-refractivity contribution is -0.141. The molecule has 2 heterocycles. The number of aromatic nitrogens is 1. The Morgan fingerprint density at radius 3 is 2.59 bits per heavy atom. The smallest absolute Gasteiger partial charge is 0.242 e. The van der Waals surface area contributed by atoms with Gasteiger partial charge in [0, 0.05) is 43.5 Å². The zero-order chi connectivity index (χ0) is 19.1. The molecule has 0 radical (unpaired) electrons. The highest BCUT2D eigenvalue weighted by molar-refractivity contribution is 6.30. The second-order valence-corrected chi connectivity index (χ2v) is 7.30. The van der Waals surface area contributed by atoms with Crippen molar-refractivity contribution < 1.29 is 9.59 Å². The zero-order valence-electron chi connectivity index (χ0n) is 15.3. The van der Waals surface area contributed by atoms with E-state index >= 15 is 0 Å². The average Bonchev–Trinajstić information content (AvgIpc) is 2.88. The highest BCUT2D eigenvalue weighted by Gasteiger charge is 2.23. The molecular weight excluding hydrogens is 362 g/mol. The summed E-state index contributed by atoms with van der Waals surface area (Å²) in [7, 11) is 0. The molecule has 1 saturated heterocycles. The van der Waals surface area contributed by atoms with Crippen molar-refractivity contribution >= 4 is 23.4 Å². The van der Waals surface area contributed by atoms with Crippen LogP contribution in [0.1, 0.15) is 36.8 Å². The molecule has 2 amide bonds. The van der Waals surface area contributed by atoms with Crippen molar-refractivity contribution in [1.82, 2.24) is 14.8 Å². The Morgan fingerprint density at radius 2 is 1.85 bits per heavy atom. The van der Waals surface area contributed by atoms with Gasteiger partial charge in [-0.1, -0.05) is 36.2 Å². The predicted octanol–water partition coefficient (Wildman–Crippen LogP) is 3.67. The number of rotatable bonds is 6. The van der Waals surface area contributed by atoms with E-state index in [0.717, 1.165) is 30.4 Å². The van der Waals surface area contributed by atoms with Gasteiger partial charge in [-0.25, -0.2) is 0 Å². The van der Waals surface area contributed by atoms with Crippen LogP contribution >= 0.6 is 11.6 Å². The van der Waals surface area contributed by atoms with E-state index in [1.54, 1.807) is 22.2 Å². The topological polar surface area (TPSA) is 53.5 Å². The summed E-state index contributed by atoms with van der Waals surface area (Å²) in [6.45, 7) is 1.71. The minimum Gasteiger partial charge on any atom is -0.333 e. The molecule has 1 aromatic heterocycles. The van der Waals surface area contributed by atoms with Gasteiger partial charge in [-0.2, -0.15) is 0 Å².